The molecular weight excluding hydrogens is 446 g/mol. The van der Waals surface area contributed by atoms with Gasteiger partial charge in [-0.1, -0.05) is 12.1 Å². The van der Waals surface area contributed by atoms with Gasteiger partial charge < -0.3 is 15.4 Å². The van der Waals surface area contributed by atoms with Gasteiger partial charge in [0.2, 0.25) is 11.8 Å². The summed E-state index contributed by atoms with van der Waals surface area (Å²) in [5, 5.41) is 11.2. The van der Waals surface area contributed by atoms with Gasteiger partial charge in [0, 0.05) is 44.0 Å². The highest BCUT2D eigenvalue weighted by Gasteiger charge is 2.37. The highest BCUT2D eigenvalue weighted by atomic mass is 16.5. The minimum atomic E-state index is -0.211. The van der Waals surface area contributed by atoms with E-state index in [4.69, 9.17) is 9.72 Å². The molecule has 3 aliphatic rings. The highest BCUT2D eigenvalue weighted by Crippen LogP contribution is 2.32. The number of piperidine rings is 2. The third-order valence-electron chi connectivity index (χ3n) is 6.73. The number of ether oxygens (including phenoxy) is 1. The van der Waals surface area contributed by atoms with E-state index in [1.807, 2.05) is 31.4 Å². The van der Waals surface area contributed by atoms with Crippen molar-refractivity contribution in [2.45, 2.75) is 38.0 Å². The summed E-state index contributed by atoms with van der Waals surface area (Å²) < 4.78 is 11.3. The molecule has 3 fully saturated rings. The Labute approximate surface area is 201 Å². The van der Waals surface area contributed by atoms with Crippen LogP contribution in [0.3, 0.4) is 0 Å². The zero-order chi connectivity index (χ0) is 23.9. The summed E-state index contributed by atoms with van der Waals surface area (Å²) in [6, 6.07) is 6.12. The van der Waals surface area contributed by atoms with Gasteiger partial charge in [-0.2, -0.15) is 15.1 Å². The Bertz CT molecular complexity index is 1440. The zero-order valence-corrected chi connectivity index (χ0v) is 19.5. The Morgan fingerprint density at radius 2 is 2.20 bits per heavy atom. The third-order valence-corrected chi connectivity index (χ3v) is 6.73. The Morgan fingerprint density at radius 3 is 2.91 bits per heavy atom. The van der Waals surface area contributed by atoms with Crippen LogP contribution < -0.4 is 20.9 Å². The van der Waals surface area contributed by atoms with Crippen LogP contribution in [0.25, 0.3) is 16.9 Å². The second-order valence-corrected chi connectivity index (χ2v) is 9.11. The SMILES string of the molecule is C=CCn1c(=O)c2cnc(Nc3cnn(C)c3)nc2n1-c1cccc(O[C@@H]2C[C@@H]3CC[C@H]2CN3)n1. The number of rotatable bonds is 7. The average molecular weight is 474 g/mol. The fourth-order valence-electron chi connectivity index (χ4n) is 5.04. The highest BCUT2D eigenvalue weighted by molar-refractivity contribution is 5.77. The summed E-state index contributed by atoms with van der Waals surface area (Å²) in [6.45, 7) is 5.10. The molecule has 6 heterocycles. The van der Waals surface area contributed by atoms with Crippen LogP contribution >= 0.6 is 0 Å². The minimum Gasteiger partial charge on any atom is -0.474 e. The quantitative estimate of drug-likeness (QED) is 0.392. The molecule has 0 aromatic carbocycles. The van der Waals surface area contributed by atoms with Gasteiger partial charge in [0.15, 0.2) is 11.5 Å². The van der Waals surface area contributed by atoms with Gasteiger partial charge in [0.1, 0.15) is 11.5 Å². The van der Waals surface area contributed by atoms with Gasteiger partial charge in [0.05, 0.1) is 18.4 Å². The third kappa shape index (κ3) is 3.97. The maximum atomic E-state index is 13.2. The van der Waals surface area contributed by atoms with Crippen LogP contribution in [0, 0.1) is 5.92 Å². The van der Waals surface area contributed by atoms with Gasteiger partial charge in [-0.3, -0.25) is 9.48 Å². The van der Waals surface area contributed by atoms with Crippen LogP contribution in [-0.2, 0) is 13.6 Å². The Kier molecular flexibility index (Phi) is 5.33. The zero-order valence-electron chi connectivity index (χ0n) is 19.5. The number of hydrogen-bond acceptors (Lipinski definition) is 8. The van der Waals surface area contributed by atoms with Crippen molar-refractivity contribution < 1.29 is 4.74 Å². The van der Waals surface area contributed by atoms with Gasteiger partial charge in [0.25, 0.3) is 5.56 Å². The lowest BCUT2D eigenvalue weighted by molar-refractivity contribution is 0.0382. The van der Waals surface area contributed by atoms with Crippen LogP contribution in [0.4, 0.5) is 11.6 Å². The first-order valence-electron chi connectivity index (χ1n) is 11.8. The fraction of sp³-hybridized carbons (Fsp3) is 0.375. The predicted octanol–water partition coefficient (Wildman–Crippen LogP) is 2.16. The molecule has 1 saturated carbocycles. The normalized spacial score (nSPS) is 21.3. The number of nitrogens with zero attached hydrogens (tertiary/aromatic N) is 7. The van der Waals surface area contributed by atoms with Crippen molar-refractivity contribution in [3.05, 3.63) is 59.8 Å². The van der Waals surface area contributed by atoms with Crippen LogP contribution in [-0.4, -0.2) is 52.8 Å². The van der Waals surface area contributed by atoms with E-state index in [2.05, 4.69) is 32.3 Å². The summed E-state index contributed by atoms with van der Waals surface area (Å²) in [7, 11) is 1.83. The summed E-state index contributed by atoms with van der Waals surface area (Å²) in [5.41, 5.74) is 0.983. The predicted molar refractivity (Wildman–Crippen MR) is 131 cm³/mol. The number of pyridine rings is 1. The monoisotopic (exact) mass is 473 g/mol. The van der Waals surface area contributed by atoms with Crippen LogP contribution in [0.1, 0.15) is 19.3 Å². The first kappa shape index (κ1) is 21.5. The standard InChI is InChI=1S/C24H27N9O2/c1-3-9-32-23(34)18-13-26-24(28-17-12-27-31(2)14-17)30-22(18)33(32)20-5-4-6-21(29-20)35-19-10-16-8-7-15(19)11-25-16/h3-6,12-16,19,25H,1,7-11H2,2H3,(H,26,28,30)/t15-,16-,19+/m0/s1. The molecule has 11 heteroatoms. The largest absolute Gasteiger partial charge is 0.474 e. The molecule has 3 atom stereocenters. The van der Waals surface area contributed by atoms with Crippen molar-refractivity contribution in [1.29, 1.82) is 0 Å². The number of fused-ring (bicyclic) bond motifs is 4. The van der Waals surface area contributed by atoms with E-state index in [1.54, 1.807) is 26.3 Å². The van der Waals surface area contributed by atoms with Gasteiger partial charge in [-0.15, -0.1) is 6.58 Å². The van der Waals surface area contributed by atoms with Crippen molar-refractivity contribution in [3.63, 3.8) is 0 Å². The number of aryl methyl sites for hydroxylation is 1. The molecule has 7 rings (SSSR count). The molecule has 0 spiro atoms. The molecule has 4 aromatic rings. The molecule has 0 radical (unpaired) electrons. The molecule has 4 aromatic heterocycles. The smallest absolute Gasteiger partial charge is 0.278 e. The van der Waals surface area contributed by atoms with E-state index >= 15 is 0 Å². The summed E-state index contributed by atoms with van der Waals surface area (Å²) >= 11 is 0. The minimum absolute atomic E-state index is 0.145. The Morgan fingerprint density at radius 1 is 1.29 bits per heavy atom. The molecule has 0 amide bonds. The summed E-state index contributed by atoms with van der Waals surface area (Å²) in [5.74, 6) is 1.93. The topological polar surface area (TPSA) is 117 Å². The lowest BCUT2D eigenvalue weighted by atomic mass is 9.79. The van der Waals surface area contributed by atoms with E-state index in [1.165, 1.54) is 19.0 Å². The van der Waals surface area contributed by atoms with Crippen molar-refractivity contribution in [1.82, 2.24) is 39.4 Å². The molecule has 2 N–H and O–H groups in total. The summed E-state index contributed by atoms with van der Waals surface area (Å²) in [6.07, 6.45) is 10.2. The van der Waals surface area contributed by atoms with Gasteiger partial charge in [-0.05, 0) is 25.3 Å². The molecule has 1 aliphatic carbocycles. The maximum Gasteiger partial charge on any atom is 0.278 e. The van der Waals surface area contributed by atoms with Crippen molar-refractivity contribution in [2.24, 2.45) is 13.0 Å². The van der Waals surface area contributed by atoms with Gasteiger partial charge in [-0.25, -0.2) is 14.3 Å². The number of hydrogen-bond donors (Lipinski definition) is 2. The van der Waals surface area contributed by atoms with Crippen LogP contribution in [0.5, 0.6) is 5.88 Å². The van der Waals surface area contributed by atoms with Crippen LogP contribution in [0.15, 0.2) is 54.2 Å². The lowest BCUT2D eigenvalue weighted by Gasteiger charge is -2.42. The van der Waals surface area contributed by atoms with E-state index in [9.17, 15) is 4.79 Å². The Hall–Kier alpha value is -3.99. The Balaban J connectivity index is 1.39. The van der Waals surface area contributed by atoms with E-state index in [0.29, 0.717) is 47.2 Å². The van der Waals surface area contributed by atoms with Crippen molar-refractivity contribution in [2.75, 3.05) is 11.9 Å². The van der Waals surface area contributed by atoms with E-state index in [-0.39, 0.29) is 11.7 Å². The molecule has 2 bridgehead atoms. The van der Waals surface area contributed by atoms with E-state index < -0.39 is 0 Å². The second-order valence-electron chi connectivity index (χ2n) is 9.11. The lowest BCUT2D eigenvalue weighted by Crippen LogP contribution is -2.53. The van der Waals surface area contributed by atoms with E-state index in [0.717, 1.165) is 18.7 Å². The fourth-order valence-corrected chi connectivity index (χ4v) is 5.04. The average Bonchev–Trinajstić information content (AvgIpc) is 3.40. The number of anilines is 2. The molecule has 180 valence electrons. The van der Waals surface area contributed by atoms with Crippen molar-refractivity contribution in [3.8, 4) is 11.7 Å². The number of allylic oxidation sites excluding steroid dienone is 1. The van der Waals surface area contributed by atoms with Gasteiger partial charge >= 0.3 is 0 Å². The molecule has 35 heavy (non-hydrogen) atoms. The first-order valence-corrected chi connectivity index (χ1v) is 11.8. The molecule has 2 saturated heterocycles. The first-order chi connectivity index (χ1) is 17.1. The second kappa shape index (κ2) is 8.66. The molecule has 0 unspecified atom stereocenters. The number of nitrogens with one attached hydrogen (secondary N) is 2. The van der Waals surface area contributed by atoms with Crippen molar-refractivity contribution >= 4 is 22.7 Å². The number of aromatic nitrogens is 7. The molecule has 11 nitrogen and oxygen atoms in total. The molecular formula is C24H27N9O2. The van der Waals surface area contributed by atoms with Crippen LogP contribution in [0.2, 0.25) is 0 Å². The molecule has 2 aliphatic heterocycles. The summed E-state index contributed by atoms with van der Waals surface area (Å²) in [4.78, 5) is 27.0. The maximum absolute atomic E-state index is 13.2.